The maximum Gasteiger partial charge on any atom is 0.220 e. The normalized spacial score (nSPS) is 23.0. The van der Waals surface area contributed by atoms with Gasteiger partial charge in [-0.3, -0.25) is 4.79 Å². The van der Waals surface area contributed by atoms with Gasteiger partial charge >= 0.3 is 0 Å². The van der Waals surface area contributed by atoms with Crippen molar-refractivity contribution in [3.05, 3.63) is 0 Å². The molecule has 0 spiro atoms. The Hall–Kier alpha value is -0.570. The van der Waals surface area contributed by atoms with Crippen LogP contribution in [0.1, 0.15) is 85.0 Å². The summed E-state index contributed by atoms with van der Waals surface area (Å²) < 4.78 is 0. The van der Waals surface area contributed by atoms with E-state index in [1.807, 2.05) is 0 Å². The summed E-state index contributed by atoms with van der Waals surface area (Å²) in [6.07, 6.45) is 11.4. The van der Waals surface area contributed by atoms with Gasteiger partial charge in [0.1, 0.15) is 0 Å². The first-order chi connectivity index (χ1) is 9.93. The third kappa shape index (κ3) is 8.45. The molecule has 3 N–H and O–H groups in total. The molecule has 1 aliphatic carbocycles. The summed E-state index contributed by atoms with van der Waals surface area (Å²) in [5, 5.41) is 3.13. The molecule has 1 amide bonds. The first kappa shape index (κ1) is 18.5. The number of rotatable bonds is 9. The van der Waals surface area contributed by atoms with Gasteiger partial charge in [-0.05, 0) is 37.0 Å². The minimum absolute atomic E-state index is 0.220. The number of nitrogens with two attached hydrogens (primary N) is 1. The minimum Gasteiger partial charge on any atom is -0.356 e. The molecule has 3 heteroatoms. The molecule has 0 aliphatic heterocycles. The van der Waals surface area contributed by atoms with Crippen molar-refractivity contribution >= 4 is 5.91 Å². The van der Waals surface area contributed by atoms with Crippen LogP contribution >= 0.6 is 0 Å². The zero-order valence-corrected chi connectivity index (χ0v) is 14.4. The van der Waals surface area contributed by atoms with Crippen molar-refractivity contribution in [2.75, 3.05) is 6.54 Å². The van der Waals surface area contributed by atoms with Gasteiger partial charge in [0.15, 0.2) is 0 Å². The Kier molecular flexibility index (Phi) is 8.31. The fourth-order valence-electron chi connectivity index (χ4n) is 3.30. The molecule has 0 aromatic heterocycles. The van der Waals surface area contributed by atoms with Crippen LogP contribution in [-0.2, 0) is 4.79 Å². The molecule has 0 radical (unpaired) electrons. The Morgan fingerprint density at radius 3 is 2.71 bits per heavy atom. The molecule has 3 nitrogen and oxygen atoms in total. The lowest BCUT2D eigenvalue weighted by molar-refractivity contribution is -0.121. The highest BCUT2D eigenvalue weighted by atomic mass is 16.1. The summed E-state index contributed by atoms with van der Waals surface area (Å²) in [7, 11) is 0. The lowest BCUT2D eigenvalue weighted by atomic mass is 9.83. The lowest BCUT2D eigenvalue weighted by Gasteiger charge is -2.27. The Labute approximate surface area is 131 Å². The number of unbranched alkanes of at least 4 members (excludes halogenated alkanes) is 2. The van der Waals surface area contributed by atoms with Crippen molar-refractivity contribution in [1.82, 2.24) is 5.32 Å². The number of carbonyl (C=O) groups is 1. The Morgan fingerprint density at radius 1 is 1.29 bits per heavy atom. The van der Waals surface area contributed by atoms with E-state index in [9.17, 15) is 4.79 Å². The second-order valence-electron chi connectivity index (χ2n) is 7.73. The molecule has 0 heterocycles. The average Bonchev–Trinajstić information content (AvgIpc) is 2.43. The molecular formula is C18H36N2O. The van der Waals surface area contributed by atoms with Gasteiger partial charge in [-0.2, -0.15) is 0 Å². The van der Waals surface area contributed by atoms with Crippen LogP contribution in [0.5, 0.6) is 0 Å². The summed E-state index contributed by atoms with van der Waals surface area (Å²) in [4.78, 5) is 12.0. The third-order valence-corrected chi connectivity index (χ3v) is 4.82. The fourth-order valence-corrected chi connectivity index (χ4v) is 3.30. The molecule has 0 bridgehead atoms. The number of hydrogen-bond acceptors (Lipinski definition) is 2. The van der Waals surface area contributed by atoms with E-state index < -0.39 is 0 Å². The number of amides is 1. The van der Waals surface area contributed by atoms with E-state index >= 15 is 0 Å². The van der Waals surface area contributed by atoms with Gasteiger partial charge in [0.05, 0.1) is 0 Å². The maximum atomic E-state index is 12.0. The van der Waals surface area contributed by atoms with E-state index in [4.69, 9.17) is 5.73 Å². The third-order valence-electron chi connectivity index (χ3n) is 4.82. The SMILES string of the molecule is CCCCCC(C)(C)CNC(=O)CCC1CCCC(N)C1. The van der Waals surface area contributed by atoms with Crippen LogP contribution in [-0.4, -0.2) is 18.5 Å². The van der Waals surface area contributed by atoms with E-state index in [0.717, 1.165) is 25.8 Å². The molecule has 1 aliphatic rings. The predicted octanol–water partition coefficient (Wildman–Crippen LogP) is 4.01. The van der Waals surface area contributed by atoms with E-state index in [2.05, 4.69) is 26.1 Å². The van der Waals surface area contributed by atoms with Crippen LogP contribution in [0, 0.1) is 11.3 Å². The van der Waals surface area contributed by atoms with Gasteiger partial charge in [0.25, 0.3) is 0 Å². The molecule has 0 aromatic rings. The van der Waals surface area contributed by atoms with Crippen molar-refractivity contribution < 1.29 is 4.79 Å². The maximum absolute atomic E-state index is 12.0. The lowest BCUT2D eigenvalue weighted by Crippen LogP contribution is -2.34. The second-order valence-corrected chi connectivity index (χ2v) is 7.73. The fraction of sp³-hybridized carbons (Fsp3) is 0.944. The van der Waals surface area contributed by atoms with Crippen molar-refractivity contribution in [2.45, 2.75) is 91.0 Å². The first-order valence-electron chi connectivity index (χ1n) is 8.95. The van der Waals surface area contributed by atoms with Crippen LogP contribution in [0.3, 0.4) is 0 Å². The van der Waals surface area contributed by atoms with E-state index in [1.165, 1.54) is 38.5 Å². The van der Waals surface area contributed by atoms with Crippen molar-refractivity contribution in [1.29, 1.82) is 0 Å². The highest BCUT2D eigenvalue weighted by molar-refractivity contribution is 5.75. The summed E-state index contributed by atoms with van der Waals surface area (Å²) in [5.41, 5.74) is 6.22. The van der Waals surface area contributed by atoms with Crippen LogP contribution in [0.2, 0.25) is 0 Å². The van der Waals surface area contributed by atoms with Crippen LogP contribution in [0.25, 0.3) is 0 Å². The molecule has 1 fully saturated rings. The summed E-state index contributed by atoms with van der Waals surface area (Å²) in [6.45, 7) is 7.54. The highest BCUT2D eigenvalue weighted by Gasteiger charge is 2.21. The van der Waals surface area contributed by atoms with Gasteiger partial charge < -0.3 is 11.1 Å². The van der Waals surface area contributed by atoms with E-state index in [1.54, 1.807) is 0 Å². The molecule has 2 unspecified atom stereocenters. The Morgan fingerprint density at radius 2 is 2.05 bits per heavy atom. The summed E-state index contributed by atoms with van der Waals surface area (Å²) in [6, 6.07) is 0.365. The zero-order valence-electron chi connectivity index (χ0n) is 14.4. The molecule has 1 rings (SSSR count). The summed E-state index contributed by atoms with van der Waals surface area (Å²) in [5.74, 6) is 0.884. The van der Waals surface area contributed by atoms with Crippen LogP contribution in [0.4, 0.5) is 0 Å². The Balaban J connectivity index is 2.15. The van der Waals surface area contributed by atoms with Gasteiger partial charge in [0.2, 0.25) is 5.91 Å². The topological polar surface area (TPSA) is 55.1 Å². The average molecular weight is 296 g/mol. The zero-order chi connectivity index (χ0) is 15.7. The van der Waals surface area contributed by atoms with E-state index in [0.29, 0.717) is 18.4 Å². The largest absolute Gasteiger partial charge is 0.356 e. The monoisotopic (exact) mass is 296 g/mol. The van der Waals surface area contributed by atoms with Gasteiger partial charge in [-0.1, -0.05) is 52.9 Å². The van der Waals surface area contributed by atoms with Gasteiger partial charge in [-0.25, -0.2) is 0 Å². The molecular weight excluding hydrogens is 260 g/mol. The second kappa shape index (κ2) is 9.45. The van der Waals surface area contributed by atoms with Gasteiger partial charge in [-0.15, -0.1) is 0 Å². The number of carbonyl (C=O) groups excluding carboxylic acids is 1. The first-order valence-corrected chi connectivity index (χ1v) is 8.95. The van der Waals surface area contributed by atoms with Gasteiger partial charge in [0, 0.05) is 19.0 Å². The summed E-state index contributed by atoms with van der Waals surface area (Å²) >= 11 is 0. The quantitative estimate of drug-likeness (QED) is 0.632. The van der Waals surface area contributed by atoms with Crippen LogP contribution < -0.4 is 11.1 Å². The van der Waals surface area contributed by atoms with Crippen molar-refractivity contribution in [3.8, 4) is 0 Å². The predicted molar refractivity (Wildman–Crippen MR) is 90.1 cm³/mol. The Bertz CT molecular complexity index is 302. The molecule has 21 heavy (non-hydrogen) atoms. The van der Waals surface area contributed by atoms with E-state index in [-0.39, 0.29) is 11.3 Å². The minimum atomic E-state index is 0.220. The molecule has 1 saturated carbocycles. The number of nitrogens with one attached hydrogen (secondary N) is 1. The molecule has 0 saturated heterocycles. The smallest absolute Gasteiger partial charge is 0.220 e. The molecule has 2 atom stereocenters. The highest BCUT2D eigenvalue weighted by Crippen LogP contribution is 2.27. The number of hydrogen-bond donors (Lipinski definition) is 2. The van der Waals surface area contributed by atoms with Crippen molar-refractivity contribution in [3.63, 3.8) is 0 Å². The van der Waals surface area contributed by atoms with Crippen molar-refractivity contribution in [2.24, 2.45) is 17.1 Å². The van der Waals surface area contributed by atoms with Crippen LogP contribution in [0.15, 0.2) is 0 Å². The molecule has 124 valence electrons. The standard InChI is InChI=1S/C18H36N2O/c1-4-5-6-12-18(2,3)14-20-17(21)11-10-15-8-7-9-16(19)13-15/h15-16H,4-14,19H2,1-3H3,(H,20,21). The molecule has 0 aromatic carbocycles.